The zero-order valence-electron chi connectivity index (χ0n) is 15.4. The normalized spacial score (nSPS) is 10.1. The Bertz CT molecular complexity index is 1080. The molecule has 146 valence electrons. The van der Waals surface area contributed by atoms with Crippen molar-refractivity contribution in [2.75, 3.05) is 17.2 Å². The second kappa shape index (κ2) is 8.67. The highest BCUT2D eigenvalue weighted by Crippen LogP contribution is 2.25. The molecular weight excluding hydrogens is 375 g/mol. The number of aryl methyl sites for hydroxylation is 1. The summed E-state index contributed by atoms with van der Waals surface area (Å²) in [6.45, 7) is 1.76. The molecule has 1 amide bonds. The van der Waals surface area contributed by atoms with Gasteiger partial charge in [0.05, 0.1) is 6.20 Å². The molecule has 8 nitrogen and oxygen atoms in total. The molecule has 0 aliphatic heterocycles. The second-order valence-electron chi connectivity index (χ2n) is 6.01. The summed E-state index contributed by atoms with van der Waals surface area (Å²) in [7, 11) is 0. The lowest BCUT2D eigenvalue weighted by atomic mass is 10.2. The number of aromatic nitrogens is 2. The quantitative estimate of drug-likeness (QED) is 0.562. The highest BCUT2D eigenvalue weighted by atomic mass is 19.1. The summed E-state index contributed by atoms with van der Waals surface area (Å²) in [6.07, 6.45) is 1.05. The lowest BCUT2D eigenvalue weighted by Gasteiger charge is -2.12. The number of primary amides is 1. The molecule has 0 aliphatic rings. The van der Waals surface area contributed by atoms with E-state index in [1.165, 1.54) is 0 Å². The van der Waals surface area contributed by atoms with Gasteiger partial charge in [-0.1, -0.05) is 0 Å². The van der Waals surface area contributed by atoms with E-state index in [1.807, 2.05) is 13.0 Å². The average Bonchev–Trinajstić information content (AvgIpc) is 2.70. The van der Waals surface area contributed by atoms with Crippen LogP contribution in [0.2, 0.25) is 0 Å². The van der Waals surface area contributed by atoms with Gasteiger partial charge in [-0.3, -0.25) is 4.79 Å². The van der Waals surface area contributed by atoms with Crippen LogP contribution in [0.4, 0.5) is 27.5 Å². The summed E-state index contributed by atoms with van der Waals surface area (Å²) in [6, 6.07) is 13.4. The number of rotatable bonds is 7. The van der Waals surface area contributed by atoms with Crippen LogP contribution >= 0.6 is 0 Å². The maximum atomic E-state index is 14.2. The molecule has 0 spiro atoms. The number of benzene rings is 2. The Kier molecular flexibility index (Phi) is 5.85. The van der Waals surface area contributed by atoms with Crippen LogP contribution in [0.3, 0.4) is 0 Å². The van der Waals surface area contributed by atoms with Gasteiger partial charge in [-0.2, -0.15) is 10.2 Å². The fourth-order valence-corrected chi connectivity index (χ4v) is 2.50. The Hall–Kier alpha value is -4.19. The molecule has 1 heterocycles. The maximum absolute atomic E-state index is 14.2. The number of amides is 1. The van der Waals surface area contributed by atoms with Crippen molar-refractivity contribution in [1.29, 1.82) is 5.26 Å². The number of hydrogen-bond donors (Lipinski definition) is 3. The molecule has 29 heavy (non-hydrogen) atoms. The highest BCUT2D eigenvalue weighted by Gasteiger charge is 2.10. The zero-order chi connectivity index (χ0) is 20.8. The van der Waals surface area contributed by atoms with Crippen LogP contribution in [0.5, 0.6) is 5.75 Å². The minimum absolute atomic E-state index is 0.0126. The van der Waals surface area contributed by atoms with Crippen LogP contribution in [-0.2, 0) is 0 Å². The largest absolute Gasteiger partial charge is 0.478 e. The molecule has 1 aromatic heterocycles. The van der Waals surface area contributed by atoms with Crippen molar-refractivity contribution in [3.05, 3.63) is 65.6 Å². The molecule has 0 bridgehead atoms. The standard InChI is InChI=1S/C20H17FN6O2/c1-12-10-15(6-7-17(12)29-9-8-22)25-19-16(21)11-24-20(27-19)26-14-4-2-13(3-5-14)18(23)28/h2-7,10-11H,9H2,1H3,(H2,23,28)(H2,24,25,26,27). The number of nitrogens with one attached hydrogen (secondary N) is 2. The molecule has 0 fully saturated rings. The summed E-state index contributed by atoms with van der Waals surface area (Å²) in [5, 5.41) is 14.4. The molecular formula is C20H17FN6O2. The van der Waals surface area contributed by atoms with Gasteiger partial charge in [-0.25, -0.2) is 9.37 Å². The van der Waals surface area contributed by atoms with Crippen molar-refractivity contribution in [1.82, 2.24) is 9.97 Å². The van der Waals surface area contributed by atoms with Gasteiger partial charge in [0.1, 0.15) is 11.8 Å². The Morgan fingerprint density at radius 1 is 1.21 bits per heavy atom. The molecule has 3 aromatic rings. The molecule has 0 unspecified atom stereocenters. The predicted octanol–water partition coefficient (Wildman–Crippen LogP) is 3.41. The molecule has 9 heteroatoms. The molecule has 3 rings (SSSR count). The van der Waals surface area contributed by atoms with Crippen LogP contribution in [0.15, 0.2) is 48.7 Å². The van der Waals surface area contributed by atoms with Gasteiger partial charge in [-0.15, -0.1) is 0 Å². The minimum atomic E-state index is -0.623. The first-order chi connectivity index (χ1) is 14.0. The monoisotopic (exact) mass is 392 g/mol. The number of anilines is 4. The number of nitrogens with two attached hydrogens (primary N) is 1. The van der Waals surface area contributed by atoms with Crippen molar-refractivity contribution >= 4 is 29.0 Å². The molecule has 0 saturated carbocycles. The molecule has 0 saturated heterocycles. The van der Waals surface area contributed by atoms with Gasteiger partial charge in [0.15, 0.2) is 18.2 Å². The van der Waals surface area contributed by atoms with Gasteiger partial charge in [0.25, 0.3) is 0 Å². The van der Waals surface area contributed by atoms with E-state index in [0.717, 1.165) is 11.8 Å². The van der Waals surface area contributed by atoms with Gasteiger partial charge >= 0.3 is 0 Å². The first-order valence-corrected chi connectivity index (χ1v) is 8.53. The van der Waals surface area contributed by atoms with E-state index in [2.05, 4.69) is 20.6 Å². The summed E-state index contributed by atoms with van der Waals surface area (Å²) >= 11 is 0. The van der Waals surface area contributed by atoms with E-state index in [-0.39, 0.29) is 18.4 Å². The van der Waals surface area contributed by atoms with Crippen molar-refractivity contribution in [3.8, 4) is 11.8 Å². The Morgan fingerprint density at radius 3 is 2.59 bits per heavy atom. The van der Waals surface area contributed by atoms with Crippen LogP contribution in [0.25, 0.3) is 0 Å². The van der Waals surface area contributed by atoms with E-state index in [1.54, 1.807) is 42.5 Å². The second-order valence-corrected chi connectivity index (χ2v) is 6.01. The number of hydrogen-bond acceptors (Lipinski definition) is 7. The Balaban J connectivity index is 1.76. The fraction of sp³-hybridized carbons (Fsp3) is 0.100. The van der Waals surface area contributed by atoms with Gasteiger partial charge in [-0.05, 0) is 55.0 Å². The lowest BCUT2D eigenvalue weighted by Crippen LogP contribution is -2.10. The predicted molar refractivity (Wildman–Crippen MR) is 106 cm³/mol. The van der Waals surface area contributed by atoms with E-state index < -0.39 is 11.7 Å². The number of halogens is 1. The van der Waals surface area contributed by atoms with E-state index in [4.69, 9.17) is 15.7 Å². The molecule has 0 atom stereocenters. The third-order valence-corrected chi connectivity index (χ3v) is 3.90. The maximum Gasteiger partial charge on any atom is 0.248 e. The summed E-state index contributed by atoms with van der Waals surface area (Å²) in [5.74, 6) is -0.419. The third kappa shape index (κ3) is 4.95. The van der Waals surface area contributed by atoms with Gasteiger partial charge in [0.2, 0.25) is 11.9 Å². The molecule has 4 N–H and O–H groups in total. The minimum Gasteiger partial charge on any atom is -0.478 e. The third-order valence-electron chi connectivity index (χ3n) is 3.90. The van der Waals surface area contributed by atoms with Gasteiger partial charge < -0.3 is 21.1 Å². The number of carbonyl (C=O) groups is 1. The average molecular weight is 392 g/mol. The van der Waals surface area contributed by atoms with Crippen LogP contribution in [0, 0.1) is 24.1 Å². The number of ether oxygens (including phenoxy) is 1. The number of nitriles is 1. The summed E-state index contributed by atoms with van der Waals surface area (Å²) in [5.41, 5.74) is 7.58. The summed E-state index contributed by atoms with van der Waals surface area (Å²) in [4.78, 5) is 19.2. The Labute approximate surface area is 166 Å². The Morgan fingerprint density at radius 2 is 1.93 bits per heavy atom. The highest BCUT2D eigenvalue weighted by molar-refractivity contribution is 5.93. The van der Waals surface area contributed by atoms with E-state index in [9.17, 15) is 9.18 Å². The topological polar surface area (TPSA) is 126 Å². The van der Waals surface area contributed by atoms with Crippen LogP contribution in [0.1, 0.15) is 15.9 Å². The van der Waals surface area contributed by atoms with Crippen LogP contribution in [-0.4, -0.2) is 22.5 Å². The van der Waals surface area contributed by atoms with E-state index in [0.29, 0.717) is 22.7 Å². The van der Waals surface area contributed by atoms with Crippen molar-refractivity contribution < 1.29 is 13.9 Å². The SMILES string of the molecule is Cc1cc(Nc2nc(Nc3ccc(C(N)=O)cc3)ncc2F)ccc1OCC#N. The number of carbonyl (C=O) groups excluding carboxylic acids is 1. The molecule has 0 aliphatic carbocycles. The van der Waals surface area contributed by atoms with Crippen molar-refractivity contribution in [3.63, 3.8) is 0 Å². The lowest BCUT2D eigenvalue weighted by molar-refractivity contribution is 0.100. The smallest absolute Gasteiger partial charge is 0.248 e. The van der Waals surface area contributed by atoms with E-state index >= 15 is 0 Å². The first kappa shape index (κ1) is 19.6. The summed E-state index contributed by atoms with van der Waals surface area (Å²) < 4.78 is 19.5. The van der Waals surface area contributed by atoms with Gasteiger partial charge in [0, 0.05) is 16.9 Å². The molecule has 2 aromatic carbocycles. The fourth-order valence-electron chi connectivity index (χ4n) is 2.50. The van der Waals surface area contributed by atoms with Crippen molar-refractivity contribution in [2.24, 2.45) is 5.73 Å². The number of nitrogens with zero attached hydrogens (tertiary/aromatic N) is 3. The van der Waals surface area contributed by atoms with Crippen molar-refractivity contribution in [2.45, 2.75) is 6.92 Å². The zero-order valence-corrected chi connectivity index (χ0v) is 15.4. The molecule has 0 radical (unpaired) electrons. The first-order valence-electron chi connectivity index (χ1n) is 8.53. The van der Waals surface area contributed by atoms with Crippen LogP contribution < -0.4 is 21.1 Å².